The average Bonchev–Trinajstić information content (AvgIpc) is 3.21. The number of hydrogen-bond acceptors (Lipinski definition) is 4. The molecule has 6 nitrogen and oxygen atoms in total. The van der Waals surface area contributed by atoms with Gasteiger partial charge in [-0.25, -0.2) is 4.68 Å². The number of pyridine rings is 1. The number of aromatic nitrogens is 3. The second-order valence-electron chi connectivity index (χ2n) is 8.11. The maximum absolute atomic E-state index is 12.5. The molecule has 1 amide bonds. The molecule has 168 valence electrons. The number of amides is 1. The molecule has 0 bridgehead atoms. The molecule has 0 radical (unpaired) electrons. The van der Waals surface area contributed by atoms with E-state index in [0.717, 1.165) is 39.1 Å². The molecule has 0 saturated carbocycles. The number of nitrogens with one attached hydrogen (secondary N) is 1. The summed E-state index contributed by atoms with van der Waals surface area (Å²) in [7, 11) is 0. The lowest BCUT2D eigenvalue weighted by Crippen LogP contribution is -2.20. The molecule has 0 aliphatic heterocycles. The first kappa shape index (κ1) is 21.4. The summed E-state index contributed by atoms with van der Waals surface area (Å²) in [5.41, 5.74) is 6.30. The number of carbonyl (C=O) groups excluding carboxylic acids is 1. The molecule has 0 saturated heterocycles. The molecule has 0 aliphatic carbocycles. The second kappa shape index (κ2) is 9.19. The Labute approximate surface area is 197 Å². The van der Waals surface area contributed by atoms with Crippen LogP contribution in [0.5, 0.6) is 5.88 Å². The SMILES string of the molecule is Cc1ccc(NC(=O)COc2cc(-c3ccccc3)c3c(C)nn(-c4ccccc4)c3n2)cc1. The zero-order chi connectivity index (χ0) is 23.5. The number of para-hydroxylation sites is 1. The van der Waals surface area contributed by atoms with Gasteiger partial charge in [0.1, 0.15) is 0 Å². The number of anilines is 1. The van der Waals surface area contributed by atoms with Crippen LogP contribution in [0.3, 0.4) is 0 Å². The Balaban J connectivity index is 1.51. The minimum Gasteiger partial charge on any atom is -0.467 e. The van der Waals surface area contributed by atoms with Crippen LogP contribution in [0.25, 0.3) is 27.8 Å². The Morgan fingerprint density at radius 2 is 1.59 bits per heavy atom. The van der Waals surface area contributed by atoms with Crippen LogP contribution in [0.4, 0.5) is 5.69 Å². The fraction of sp³-hybridized carbons (Fsp3) is 0.107. The Kier molecular flexibility index (Phi) is 5.79. The lowest BCUT2D eigenvalue weighted by atomic mass is 10.0. The lowest BCUT2D eigenvalue weighted by molar-refractivity contribution is -0.118. The molecule has 0 aliphatic rings. The first-order valence-corrected chi connectivity index (χ1v) is 11.1. The van der Waals surface area contributed by atoms with Gasteiger partial charge in [-0.15, -0.1) is 0 Å². The number of aryl methyl sites for hydroxylation is 2. The highest BCUT2D eigenvalue weighted by Gasteiger charge is 2.18. The van der Waals surface area contributed by atoms with Crippen LogP contribution in [0, 0.1) is 13.8 Å². The highest BCUT2D eigenvalue weighted by molar-refractivity contribution is 5.96. The molecular weight excluding hydrogens is 424 g/mol. The zero-order valence-electron chi connectivity index (χ0n) is 19.0. The first-order chi connectivity index (χ1) is 16.6. The van der Waals surface area contributed by atoms with Gasteiger partial charge >= 0.3 is 0 Å². The fourth-order valence-corrected chi connectivity index (χ4v) is 3.91. The van der Waals surface area contributed by atoms with Crippen molar-refractivity contribution in [1.29, 1.82) is 0 Å². The normalized spacial score (nSPS) is 10.9. The minimum absolute atomic E-state index is 0.154. The maximum atomic E-state index is 12.5. The second-order valence-corrected chi connectivity index (χ2v) is 8.11. The third-order valence-corrected chi connectivity index (χ3v) is 5.56. The molecule has 2 heterocycles. The molecule has 0 fully saturated rings. The van der Waals surface area contributed by atoms with E-state index in [1.165, 1.54) is 0 Å². The van der Waals surface area contributed by atoms with E-state index in [1.54, 1.807) is 0 Å². The lowest BCUT2D eigenvalue weighted by Gasteiger charge is -2.11. The summed E-state index contributed by atoms with van der Waals surface area (Å²) in [6.07, 6.45) is 0. The number of ether oxygens (including phenoxy) is 1. The van der Waals surface area contributed by atoms with Crippen molar-refractivity contribution in [2.75, 3.05) is 11.9 Å². The van der Waals surface area contributed by atoms with Gasteiger partial charge in [-0.2, -0.15) is 10.1 Å². The monoisotopic (exact) mass is 448 g/mol. The van der Waals surface area contributed by atoms with Crippen molar-refractivity contribution >= 4 is 22.6 Å². The summed E-state index contributed by atoms with van der Waals surface area (Å²) in [5.74, 6) is 0.113. The summed E-state index contributed by atoms with van der Waals surface area (Å²) in [4.78, 5) is 17.2. The molecule has 0 atom stereocenters. The van der Waals surface area contributed by atoms with Gasteiger partial charge in [0.05, 0.1) is 16.8 Å². The highest BCUT2D eigenvalue weighted by Crippen LogP contribution is 2.34. The molecule has 34 heavy (non-hydrogen) atoms. The predicted octanol–water partition coefficient (Wildman–Crippen LogP) is 5.72. The van der Waals surface area contributed by atoms with Crippen molar-refractivity contribution in [3.05, 3.63) is 102 Å². The van der Waals surface area contributed by atoms with Gasteiger partial charge in [0, 0.05) is 11.8 Å². The predicted molar refractivity (Wildman–Crippen MR) is 134 cm³/mol. The average molecular weight is 449 g/mol. The third kappa shape index (κ3) is 4.38. The van der Waals surface area contributed by atoms with E-state index < -0.39 is 0 Å². The summed E-state index contributed by atoms with van der Waals surface area (Å²) in [6, 6.07) is 29.4. The smallest absolute Gasteiger partial charge is 0.262 e. The zero-order valence-corrected chi connectivity index (χ0v) is 19.0. The van der Waals surface area contributed by atoms with Gasteiger partial charge in [-0.05, 0) is 49.2 Å². The quantitative estimate of drug-likeness (QED) is 0.361. The largest absolute Gasteiger partial charge is 0.467 e. The number of benzene rings is 3. The van der Waals surface area contributed by atoms with Crippen LogP contribution in [0.1, 0.15) is 11.3 Å². The van der Waals surface area contributed by atoms with Crippen LogP contribution < -0.4 is 10.1 Å². The molecule has 1 N–H and O–H groups in total. The van der Waals surface area contributed by atoms with Crippen LogP contribution in [-0.4, -0.2) is 27.3 Å². The fourth-order valence-electron chi connectivity index (χ4n) is 3.91. The van der Waals surface area contributed by atoms with Gasteiger partial charge in [0.25, 0.3) is 5.91 Å². The van der Waals surface area contributed by atoms with E-state index in [2.05, 4.69) is 5.32 Å². The van der Waals surface area contributed by atoms with Crippen molar-refractivity contribution in [2.45, 2.75) is 13.8 Å². The van der Waals surface area contributed by atoms with Crippen molar-refractivity contribution < 1.29 is 9.53 Å². The summed E-state index contributed by atoms with van der Waals surface area (Å²) >= 11 is 0. The van der Waals surface area contributed by atoms with Crippen LogP contribution in [0.2, 0.25) is 0 Å². The highest BCUT2D eigenvalue weighted by atomic mass is 16.5. The summed E-state index contributed by atoms with van der Waals surface area (Å²) < 4.78 is 7.69. The van der Waals surface area contributed by atoms with Gasteiger partial charge in [0.2, 0.25) is 5.88 Å². The molecular formula is C28H24N4O2. The van der Waals surface area contributed by atoms with Gasteiger partial charge in [0.15, 0.2) is 12.3 Å². The van der Waals surface area contributed by atoms with E-state index in [1.807, 2.05) is 110 Å². The number of carbonyl (C=O) groups is 1. The van der Waals surface area contributed by atoms with Crippen LogP contribution in [-0.2, 0) is 4.79 Å². The molecule has 2 aromatic heterocycles. The molecule has 0 spiro atoms. The van der Waals surface area contributed by atoms with E-state index in [4.69, 9.17) is 14.8 Å². The van der Waals surface area contributed by atoms with Crippen molar-refractivity contribution in [3.8, 4) is 22.7 Å². The van der Waals surface area contributed by atoms with Gasteiger partial charge in [-0.3, -0.25) is 4.79 Å². The minimum atomic E-state index is -0.250. The van der Waals surface area contributed by atoms with Crippen LogP contribution >= 0.6 is 0 Å². The van der Waals surface area contributed by atoms with Crippen LogP contribution in [0.15, 0.2) is 91.0 Å². The molecule has 3 aromatic carbocycles. The molecule has 5 aromatic rings. The third-order valence-electron chi connectivity index (χ3n) is 5.56. The molecule has 6 heteroatoms. The number of nitrogens with zero attached hydrogens (tertiary/aromatic N) is 3. The van der Waals surface area contributed by atoms with Crippen molar-refractivity contribution in [2.24, 2.45) is 0 Å². The van der Waals surface area contributed by atoms with E-state index in [0.29, 0.717) is 11.5 Å². The van der Waals surface area contributed by atoms with Gasteiger partial charge in [-0.1, -0.05) is 66.2 Å². The first-order valence-electron chi connectivity index (χ1n) is 11.1. The standard InChI is InChI=1S/C28H24N4O2/c1-19-13-15-22(16-14-19)29-25(33)18-34-26-17-24(21-9-5-3-6-10-21)27-20(2)31-32(28(27)30-26)23-11-7-4-8-12-23/h3-17H,18H2,1-2H3,(H,29,33). The Morgan fingerprint density at radius 1 is 0.912 bits per heavy atom. The Morgan fingerprint density at radius 3 is 2.29 bits per heavy atom. The summed E-state index contributed by atoms with van der Waals surface area (Å²) in [5, 5.41) is 8.57. The Hall–Kier alpha value is -4.45. The molecule has 0 unspecified atom stereocenters. The van der Waals surface area contributed by atoms with E-state index >= 15 is 0 Å². The number of rotatable bonds is 6. The number of hydrogen-bond donors (Lipinski definition) is 1. The molecule has 5 rings (SSSR count). The topological polar surface area (TPSA) is 69.0 Å². The van der Waals surface area contributed by atoms with E-state index in [9.17, 15) is 4.79 Å². The Bertz CT molecular complexity index is 1440. The van der Waals surface area contributed by atoms with Crippen molar-refractivity contribution in [1.82, 2.24) is 14.8 Å². The maximum Gasteiger partial charge on any atom is 0.262 e. The van der Waals surface area contributed by atoms with Gasteiger partial charge < -0.3 is 10.1 Å². The van der Waals surface area contributed by atoms with E-state index in [-0.39, 0.29) is 12.5 Å². The van der Waals surface area contributed by atoms with Crippen molar-refractivity contribution in [3.63, 3.8) is 0 Å². The summed E-state index contributed by atoms with van der Waals surface area (Å²) in [6.45, 7) is 3.83. The number of fused-ring (bicyclic) bond motifs is 1.